The summed E-state index contributed by atoms with van der Waals surface area (Å²) in [6.45, 7) is 5.21. The van der Waals surface area contributed by atoms with Gasteiger partial charge in [-0.2, -0.15) is 5.10 Å². The Morgan fingerprint density at radius 2 is 1.69 bits per heavy atom. The number of carbonyl (C=O) groups is 1. The number of aromatic nitrogens is 2. The molecule has 3 aromatic rings. The van der Waals surface area contributed by atoms with Crippen molar-refractivity contribution in [1.82, 2.24) is 14.5 Å². The van der Waals surface area contributed by atoms with Crippen molar-refractivity contribution in [3.05, 3.63) is 71.8 Å². The largest absolute Gasteiger partial charge is 0.322 e. The zero-order valence-electron chi connectivity index (χ0n) is 16.2. The van der Waals surface area contributed by atoms with Crippen molar-refractivity contribution < 1.29 is 17.6 Å². The van der Waals surface area contributed by atoms with Crippen LogP contribution in [0.1, 0.15) is 29.9 Å². The molecule has 0 aliphatic rings. The molecule has 1 heterocycles. The first-order valence-corrected chi connectivity index (χ1v) is 10.4. The Morgan fingerprint density at radius 1 is 1.07 bits per heavy atom. The van der Waals surface area contributed by atoms with E-state index in [4.69, 9.17) is 0 Å². The molecule has 7 nitrogen and oxygen atoms in total. The predicted molar refractivity (Wildman–Crippen MR) is 108 cm³/mol. The predicted octanol–water partition coefficient (Wildman–Crippen LogP) is 3.26. The van der Waals surface area contributed by atoms with Gasteiger partial charge in [-0.15, -0.1) is 0 Å². The third-order valence-electron chi connectivity index (χ3n) is 4.14. The number of amides is 1. The van der Waals surface area contributed by atoms with Crippen molar-refractivity contribution in [3.63, 3.8) is 0 Å². The molecule has 2 N–H and O–H groups in total. The van der Waals surface area contributed by atoms with Gasteiger partial charge in [0.25, 0.3) is 5.91 Å². The fourth-order valence-electron chi connectivity index (χ4n) is 2.77. The van der Waals surface area contributed by atoms with E-state index in [0.717, 1.165) is 0 Å². The van der Waals surface area contributed by atoms with Crippen molar-refractivity contribution in [2.75, 3.05) is 5.32 Å². The molecule has 0 bridgehead atoms. The van der Waals surface area contributed by atoms with Crippen LogP contribution in [0.2, 0.25) is 0 Å². The molecule has 0 fully saturated rings. The normalized spacial score (nSPS) is 11.6. The number of hydrogen-bond donors (Lipinski definition) is 2. The molecule has 1 amide bonds. The SMILES string of the molecule is Cc1c(C(=O)Nc2ccc(S(=O)(=O)NC(C)C)cc2)cnn1-c1ccc(F)cc1. The van der Waals surface area contributed by atoms with E-state index in [9.17, 15) is 17.6 Å². The van der Waals surface area contributed by atoms with E-state index < -0.39 is 10.0 Å². The second-order valence-electron chi connectivity index (χ2n) is 6.79. The summed E-state index contributed by atoms with van der Waals surface area (Å²) in [5.41, 5.74) is 2.03. The average Bonchev–Trinajstić information content (AvgIpc) is 3.03. The van der Waals surface area contributed by atoms with Crippen LogP contribution in [0.3, 0.4) is 0 Å². The van der Waals surface area contributed by atoms with Gasteiger partial charge < -0.3 is 5.32 Å². The van der Waals surface area contributed by atoms with Gasteiger partial charge >= 0.3 is 0 Å². The quantitative estimate of drug-likeness (QED) is 0.645. The lowest BCUT2D eigenvalue weighted by Crippen LogP contribution is -2.30. The third kappa shape index (κ3) is 4.69. The fourth-order valence-corrected chi connectivity index (χ4v) is 4.02. The smallest absolute Gasteiger partial charge is 0.259 e. The van der Waals surface area contributed by atoms with Crippen LogP contribution >= 0.6 is 0 Å². The minimum Gasteiger partial charge on any atom is -0.322 e. The molecule has 0 atom stereocenters. The summed E-state index contributed by atoms with van der Waals surface area (Å²) in [5, 5.41) is 6.92. The second kappa shape index (κ2) is 8.14. The number of nitrogens with zero attached hydrogens (tertiary/aromatic N) is 2. The molecule has 0 saturated carbocycles. The number of sulfonamides is 1. The van der Waals surface area contributed by atoms with Gasteiger partial charge in [0.1, 0.15) is 5.82 Å². The summed E-state index contributed by atoms with van der Waals surface area (Å²) in [5.74, 6) is -0.739. The van der Waals surface area contributed by atoms with Gasteiger partial charge in [0.05, 0.1) is 28.0 Å². The van der Waals surface area contributed by atoms with E-state index in [1.165, 1.54) is 42.6 Å². The highest BCUT2D eigenvalue weighted by molar-refractivity contribution is 7.89. The molecular formula is C20H21FN4O3S. The van der Waals surface area contributed by atoms with Crippen LogP contribution in [0, 0.1) is 12.7 Å². The minimum absolute atomic E-state index is 0.115. The van der Waals surface area contributed by atoms with Gasteiger partial charge in [-0.05, 0) is 69.3 Å². The van der Waals surface area contributed by atoms with Crippen LogP contribution in [-0.2, 0) is 10.0 Å². The Kier molecular flexibility index (Phi) is 5.81. The van der Waals surface area contributed by atoms with Crippen LogP contribution < -0.4 is 10.0 Å². The lowest BCUT2D eigenvalue weighted by Gasteiger charge is -2.10. The van der Waals surface area contributed by atoms with Gasteiger partial charge in [-0.25, -0.2) is 22.2 Å². The molecule has 3 rings (SSSR count). The topological polar surface area (TPSA) is 93.1 Å². The number of halogens is 1. The molecule has 0 spiro atoms. The van der Waals surface area contributed by atoms with E-state index in [2.05, 4.69) is 15.1 Å². The summed E-state index contributed by atoms with van der Waals surface area (Å²) in [6, 6.07) is 11.5. The summed E-state index contributed by atoms with van der Waals surface area (Å²) in [6.07, 6.45) is 1.43. The fraction of sp³-hybridized carbons (Fsp3) is 0.200. The number of carbonyl (C=O) groups excluding carboxylic acids is 1. The molecular weight excluding hydrogens is 395 g/mol. The molecule has 1 aromatic heterocycles. The number of anilines is 1. The van der Waals surface area contributed by atoms with E-state index >= 15 is 0 Å². The standard InChI is InChI=1S/C20H21FN4O3S/c1-13(2)24-29(27,28)18-10-6-16(7-11-18)23-20(26)19-12-22-25(14(19)3)17-8-4-15(21)5-9-17/h4-13,24H,1-3H3,(H,23,26). The summed E-state index contributed by atoms with van der Waals surface area (Å²) < 4.78 is 41.5. The summed E-state index contributed by atoms with van der Waals surface area (Å²) >= 11 is 0. The van der Waals surface area contributed by atoms with Crippen molar-refractivity contribution in [2.24, 2.45) is 0 Å². The van der Waals surface area contributed by atoms with Gasteiger partial charge in [0.2, 0.25) is 10.0 Å². The van der Waals surface area contributed by atoms with Gasteiger partial charge in [-0.1, -0.05) is 0 Å². The lowest BCUT2D eigenvalue weighted by atomic mass is 10.2. The molecule has 2 aromatic carbocycles. The molecule has 0 unspecified atom stereocenters. The zero-order valence-corrected chi connectivity index (χ0v) is 17.0. The van der Waals surface area contributed by atoms with Crippen LogP contribution in [0.15, 0.2) is 59.6 Å². The Morgan fingerprint density at radius 3 is 2.28 bits per heavy atom. The van der Waals surface area contributed by atoms with E-state index in [-0.39, 0.29) is 22.7 Å². The van der Waals surface area contributed by atoms with Crippen LogP contribution in [-0.4, -0.2) is 30.1 Å². The van der Waals surface area contributed by atoms with Crippen LogP contribution in [0.4, 0.5) is 10.1 Å². The first-order valence-electron chi connectivity index (χ1n) is 8.91. The van der Waals surface area contributed by atoms with E-state index in [0.29, 0.717) is 22.6 Å². The minimum atomic E-state index is -3.60. The average molecular weight is 416 g/mol. The molecule has 0 radical (unpaired) electrons. The van der Waals surface area contributed by atoms with E-state index in [1.807, 2.05) is 0 Å². The van der Waals surface area contributed by atoms with Crippen molar-refractivity contribution in [1.29, 1.82) is 0 Å². The molecule has 9 heteroatoms. The Balaban J connectivity index is 1.76. The molecule has 0 saturated heterocycles. The maximum Gasteiger partial charge on any atom is 0.259 e. The highest BCUT2D eigenvalue weighted by atomic mass is 32.2. The van der Waals surface area contributed by atoms with E-state index in [1.54, 1.807) is 37.6 Å². The summed E-state index contributed by atoms with van der Waals surface area (Å²) in [7, 11) is -3.60. The zero-order chi connectivity index (χ0) is 21.2. The van der Waals surface area contributed by atoms with Crippen LogP contribution in [0.25, 0.3) is 5.69 Å². The summed E-state index contributed by atoms with van der Waals surface area (Å²) in [4.78, 5) is 12.7. The maximum absolute atomic E-state index is 13.1. The highest BCUT2D eigenvalue weighted by Gasteiger charge is 2.17. The first-order chi connectivity index (χ1) is 13.7. The van der Waals surface area contributed by atoms with Gasteiger partial charge in [0.15, 0.2) is 0 Å². The molecule has 152 valence electrons. The first kappa shape index (κ1) is 20.7. The number of benzene rings is 2. The third-order valence-corrected chi connectivity index (χ3v) is 5.81. The monoisotopic (exact) mass is 416 g/mol. The Hall–Kier alpha value is -3.04. The Labute approximate surface area is 168 Å². The lowest BCUT2D eigenvalue weighted by molar-refractivity contribution is 0.102. The van der Waals surface area contributed by atoms with Gasteiger partial charge in [0, 0.05) is 11.7 Å². The van der Waals surface area contributed by atoms with Crippen molar-refractivity contribution in [2.45, 2.75) is 31.7 Å². The Bertz CT molecular complexity index is 1120. The van der Waals surface area contributed by atoms with Crippen LogP contribution in [0.5, 0.6) is 0 Å². The van der Waals surface area contributed by atoms with Crippen molar-refractivity contribution in [3.8, 4) is 5.69 Å². The number of nitrogens with one attached hydrogen (secondary N) is 2. The highest BCUT2D eigenvalue weighted by Crippen LogP contribution is 2.18. The number of hydrogen-bond acceptors (Lipinski definition) is 4. The molecule has 0 aliphatic carbocycles. The maximum atomic E-state index is 13.1. The number of rotatable bonds is 6. The second-order valence-corrected chi connectivity index (χ2v) is 8.50. The van der Waals surface area contributed by atoms with Gasteiger partial charge in [-0.3, -0.25) is 4.79 Å². The molecule has 29 heavy (non-hydrogen) atoms. The van der Waals surface area contributed by atoms with Crippen molar-refractivity contribution >= 4 is 21.6 Å². The molecule has 0 aliphatic heterocycles.